The lowest BCUT2D eigenvalue weighted by Crippen LogP contribution is -2.51. The number of anilines is 1. The molecule has 22 heavy (non-hydrogen) atoms. The van der Waals surface area contributed by atoms with Gasteiger partial charge in [0.1, 0.15) is 0 Å². The van der Waals surface area contributed by atoms with E-state index in [-0.39, 0.29) is 11.8 Å². The van der Waals surface area contributed by atoms with Crippen LogP contribution in [0.15, 0.2) is 24.3 Å². The normalized spacial score (nSPS) is 20.0. The maximum Gasteiger partial charge on any atom is 0.416 e. The molecule has 0 N–H and O–H groups in total. The molecule has 0 unspecified atom stereocenters. The predicted molar refractivity (Wildman–Crippen MR) is 77.6 cm³/mol. The second kappa shape index (κ2) is 5.82. The highest BCUT2D eigenvalue weighted by atomic mass is 19.4. The lowest BCUT2D eigenvalue weighted by atomic mass is 9.84. The second-order valence-corrected chi connectivity index (χ2v) is 5.98. The van der Waals surface area contributed by atoms with Crippen molar-refractivity contribution in [1.29, 1.82) is 0 Å². The van der Waals surface area contributed by atoms with Crippen molar-refractivity contribution in [3.8, 4) is 0 Å². The lowest BCUT2D eigenvalue weighted by Gasteiger charge is -2.39. The Kier molecular flexibility index (Phi) is 4.02. The summed E-state index contributed by atoms with van der Waals surface area (Å²) in [6.45, 7) is 2.64. The zero-order chi connectivity index (χ0) is 15.7. The van der Waals surface area contributed by atoms with Crippen molar-refractivity contribution in [2.24, 2.45) is 5.92 Å². The summed E-state index contributed by atoms with van der Waals surface area (Å²) in [4.78, 5) is 16.1. The van der Waals surface area contributed by atoms with Crippen LogP contribution >= 0.6 is 0 Å². The van der Waals surface area contributed by atoms with Gasteiger partial charge in [0.05, 0.1) is 5.56 Å². The zero-order valence-electron chi connectivity index (χ0n) is 12.3. The minimum absolute atomic E-state index is 0.206. The predicted octanol–water partition coefficient (Wildman–Crippen LogP) is 3.15. The molecule has 0 atom stereocenters. The SMILES string of the molecule is O=C(C1CCC1)N1CCN(c2ccc(C(F)(F)F)cc2)CC1. The number of alkyl halides is 3. The van der Waals surface area contributed by atoms with Crippen LogP contribution < -0.4 is 4.90 Å². The maximum absolute atomic E-state index is 12.6. The molecule has 1 aliphatic heterocycles. The van der Waals surface area contributed by atoms with Gasteiger partial charge in [-0.2, -0.15) is 13.2 Å². The van der Waals surface area contributed by atoms with Crippen molar-refractivity contribution >= 4 is 11.6 Å². The molecule has 120 valence electrons. The largest absolute Gasteiger partial charge is 0.416 e. The highest BCUT2D eigenvalue weighted by Gasteiger charge is 2.32. The van der Waals surface area contributed by atoms with Gasteiger partial charge in [-0.15, -0.1) is 0 Å². The van der Waals surface area contributed by atoms with E-state index in [9.17, 15) is 18.0 Å². The molecule has 2 aliphatic rings. The number of carbonyl (C=O) groups is 1. The first-order valence-corrected chi connectivity index (χ1v) is 7.66. The Morgan fingerprint density at radius 2 is 1.59 bits per heavy atom. The third-order valence-corrected chi connectivity index (χ3v) is 4.61. The van der Waals surface area contributed by atoms with Crippen molar-refractivity contribution < 1.29 is 18.0 Å². The quantitative estimate of drug-likeness (QED) is 0.837. The Labute approximate surface area is 127 Å². The highest BCUT2D eigenvalue weighted by molar-refractivity contribution is 5.79. The number of hydrogen-bond acceptors (Lipinski definition) is 2. The van der Waals surface area contributed by atoms with Gasteiger partial charge >= 0.3 is 6.18 Å². The molecule has 3 nitrogen and oxygen atoms in total. The van der Waals surface area contributed by atoms with Gasteiger partial charge in [0, 0.05) is 37.8 Å². The molecule has 3 rings (SSSR count). The van der Waals surface area contributed by atoms with Gasteiger partial charge in [-0.05, 0) is 37.1 Å². The van der Waals surface area contributed by atoms with Crippen LogP contribution in [-0.4, -0.2) is 37.0 Å². The molecule has 1 aromatic rings. The third kappa shape index (κ3) is 3.05. The van der Waals surface area contributed by atoms with Crippen LogP contribution in [0.25, 0.3) is 0 Å². The Bertz CT molecular complexity index is 529. The van der Waals surface area contributed by atoms with E-state index in [0.29, 0.717) is 26.2 Å². The molecule has 1 aromatic carbocycles. The molecule has 2 fully saturated rings. The Hall–Kier alpha value is -1.72. The molecular weight excluding hydrogens is 293 g/mol. The number of carbonyl (C=O) groups excluding carboxylic acids is 1. The molecule has 1 saturated heterocycles. The molecule has 1 aliphatic carbocycles. The summed E-state index contributed by atoms with van der Waals surface area (Å²) in [5, 5.41) is 0. The van der Waals surface area contributed by atoms with Crippen molar-refractivity contribution in [2.75, 3.05) is 31.1 Å². The monoisotopic (exact) mass is 312 g/mol. The topological polar surface area (TPSA) is 23.6 Å². The van der Waals surface area contributed by atoms with E-state index in [0.717, 1.165) is 37.1 Å². The molecule has 0 bridgehead atoms. The first-order chi connectivity index (χ1) is 10.4. The molecule has 1 amide bonds. The summed E-state index contributed by atoms with van der Waals surface area (Å²) in [7, 11) is 0. The third-order valence-electron chi connectivity index (χ3n) is 4.61. The van der Waals surface area contributed by atoms with Gasteiger partial charge < -0.3 is 9.80 Å². The number of nitrogens with zero attached hydrogens (tertiary/aromatic N) is 2. The Balaban J connectivity index is 1.58. The minimum Gasteiger partial charge on any atom is -0.368 e. The van der Waals surface area contributed by atoms with Crippen LogP contribution in [0.2, 0.25) is 0 Å². The average Bonchev–Trinajstić information content (AvgIpc) is 2.45. The summed E-state index contributed by atoms with van der Waals surface area (Å²) < 4.78 is 37.7. The van der Waals surface area contributed by atoms with Crippen LogP contribution in [0.3, 0.4) is 0 Å². The first kappa shape index (κ1) is 15.2. The number of amides is 1. The van der Waals surface area contributed by atoms with E-state index in [1.807, 2.05) is 9.80 Å². The van der Waals surface area contributed by atoms with Crippen LogP contribution in [0.4, 0.5) is 18.9 Å². The standard InChI is InChI=1S/C16H19F3N2O/c17-16(18,19)13-4-6-14(7-5-13)20-8-10-21(11-9-20)15(22)12-2-1-3-12/h4-7,12H,1-3,8-11H2. The van der Waals surface area contributed by atoms with Crippen LogP contribution in [0.1, 0.15) is 24.8 Å². The van der Waals surface area contributed by atoms with Crippen LogP contribution in [0, 0.1) is 5.92 Å². The average molecular weight is 312 g/mol. The van der Waals surface area contributed by atoms with Gasteiger partial charge in [-0.1, -0.05) is 6.42 Å². The lowest BCUT2D eigenvalue weighted by molar-refractivity contribution is -0.139. The van der Waals surface area contributed by atoms with E-state index in [1.165, 1.54) is 12.1 Å². The van der Waals surface area contributed by atoms with E-state index in [2.05, 4.69) is 0 Å². The summed E-state index contributed by atoms with van der Waals surface area (Å²) in [5.41, 5.74) is 0.152. The molecule has 0 radical (unpaired) electrons. The Morgan fingerprint density at radius 3 is 2.05 bits per heavy atom. The van der Waals surface area contributed by atoms with Gasteiger partial charge in [-0.25, -0.2) is 0 Å². The van der Waals surface area contributed by atoms with Gasteiger partial charge in [0.2, 0.25) is 5.91 Å². The van der Waals surface area contributed by atoms with Crippen molar-refractivity contribution in [3.63, 3.8) is 0 Å². The highest BCUT2D eigenvalue weighted by Crippen LogP contribution is 2.31. The smallest absolute Gasteiger partial charge is 0.368 e. The fourth-order valence-electron chi connectivity index (χ4n) is 2.96. The number of halogens is 3. The van der Waals surface area contributed by atoms with E-state index < -0.39 is 11.7 Å². The fraction of sp³-hybridized carbons (Fsp3) is 0.562. The first-order valence-electron chi connectivity index (χ1n) is 7.66. The molecule has 6 heteroatoms. The zero-order valence-corrected chi connectivity index (χ0v) is 12.3. The summed E-state index contributed by atoms with van der Waals surface area (Å²) in [6.07, 6.45) is -1.16. The van der Waals surface area contributed by atoms with Gasteiger partial charge in [-0.3, -0.25) is 4.79 Å². The number of benzene rings is 1. The molecular formula is C16H19F3N2O. The van der Waals surface area contributed by atoms with Gasteiger partial charge in [0.25, 0.3) is 0 Å². The van der Waals surface area contributed by atoms with E-state index in [4.69, 9.17) is 0 Å². The number of piperazine rings is 1. The minimum atomic E-state index is -4.30. The second-order valence-electron chi connectivity index (χ2n) is 5.98. The van der Waals surface area contributed by atoms with Crippen LogP contribution in [-0.2, 0) is 11.0 Å². The maximum atomic E-state index is 12.6. The fourth-order valence-corrected chi connectivity index (χ4v) is 2.96. The van der Waals surface area contributed by atoms with E-state index in [1.54, 1.807) is 0 Å². The molecule has 1 heterocycles. The summed E-state index contributed by atoms with van der Waals surface area (Å²) in [6, 6.07) is 5.24. The summed E-state index contributed by atoms with van der Waals surface area (Å²) >= 11 is 0. The van der Waals surface area contributed by atoms with Crippen molar-refractivity contribution in [2.45, 2.75) is 25.4 Å². The summed E-state index contributed by atoms with van der Waals surface area (Å²) in [5.74, 6) is 0.455. The molecule has 0 spiro atoms. The number of hydrogen-bond donors (Lipinski definition) is 0. The van der Waals surface area contributed by atoms with Gasteiger partial charge in [0.15, 0.2) is 0 Å². The van der Waals surface area contributed by atoms with E-state index >= 15 is 0 Å². The van der Waals surface area contributed by atoms with Crippen molar-refractivity contribution in [1.82, 2.24) is 4.90 Å². The van der Waals surface area contributed by atoms with Crippen molar-refractivity contribution in [3.05, 3.63) is 29.8 Å². The van der Waals surface area contributed by atoms with Crippen LogP contribution in [0.5, 0.6) is 0 Å². The molecule has 1 saturated carbocycles. The molecule has 0 aromatic heterocycles. The Morgan fingerprint density at radius 1 is 1.00 bits per heavy atom. The number of rotatable bonds is 2.